The van der Waals surface area contributed by atoms with Crippen molar-refractivity contribution in [1.29, 1.82) is 0 Å². The first kappa shape index (κ1) is 6.45. The Morgan fingerprint density at radius 1 is 1.55 bits per heavy atom. The summed E-state index contributed by atoms with van der Waals surface area (Å²) >= 11 is 0. The van der Waals surface area contributed by atoms with Crippen molar-refractivity contribution in [1.82, 2.24) is 15.2 Å². The van der Waals surface area contributed by atoms with E-state index in [1.807, 2.05) is 0 Å². The highest BCUT2D eigenvalue weighted by molar-refractivity contribution is 5.31. The van der Waals surface area contributed by atoms with Gasteiger partial charge in [-0.2, -0.15) is 4.98 Å². The quantitative estimate of drug-likeness (QED) is 0.572. The number of H-pyrrole nitrogens is 1. The average Bonchev–Trinajstić information content (AvgIpc) is 2.27. The standard InChI is InChI=1S/C6H11N5/c7-5-9-6(11-10-5)8-4-2-1-3-4/h4H,1-3H2,(H4,7,8,9,10,11). The number of aromatic nitrogens is 3. The SMILES string of the molecule is Nc1nc(NC2CCC2)n[nH]1. The van der Waals surface area contributed by atoms with E-state index < -0.39 is 0 Å². The van der Waals surface area contributed by atoms with Crippen LogP contribution in [0.15, 0.2) is 0 Å². The van der Waals surface area contributed by atoms with Crippen molar-refractivity contribution < 1.29 is 0 Å². The van der Waals surface area contributed by atoms with E-state index >= 15 is 0 Å². The number of nitrogens with zero attached hydrogens (tertiary/aromatic N) is 2. The van der Waals surface area contributed by atoms with Crippen LogP contribution in [0.5, 0.6) is 0 Å². The predicted molar refractivity (Wildman–Crippen MR) is 42.1 cm³/mol. The van der Waals surface area contributed by atoms with Crippen molar-refractivity contribution in [2.45, 2.75) is 25.3 Å². The Bertz CT molecular complexity index is 239. The van der Waals surface area contributed by atoms with Crippen molar-refractivity contribution in [3.8, 4) is 0 Å². The molecule has 11 heavy (non-hydrogen) atoms. The van der Waals surface area contributed by atoms with Crippen molar-refractivity contribution in [2.75, 3.05) is 11.1 Å². The van der Waals surface area contributed by atoms with Crippen LogP contribution in [0, 0.1) is 0 Å². The summed E-state index contributed by atoms with van der Waals surface area (Å²) in [6.45, 7) is 0. The molecule has 1 fully saturated rings. The number of hydrogen-bond acceptors (Lipinski definition) is 4. The summed E-state index contributed by atoms with van der Waals surface area (Å²) in [5, 5.41) is 9.61. The molecule has 1 aliphatic carbocycles. The van der Waals surface area contributed by atoms with Crippen molar-refractivity contribution in [3.63, 3.8) is 0 Å². The second-order valence-electron chi connectivity index (χ2n) is 2.82. The van der Waals surface area contributed by atoms with E-state index in [9.17, 15) is 0 Å². The molecule has 1 aliphatic rings. The van der Waals surface area contributed by atoms with E-state index in [-0.39, 0.29) is 0 Å². The van der Waals surface area contributed by atoms with Gasteiger partial charge in [0.05, 0.1) is 0 Å². The third kappa shape index (κ3) is 1.26. The molecule has 0 aliphatic heterocycles. The lowest BCUT2D eigenvalue weighted by molar-refractivity contribution is 0.443. The average molecular weight is 153 g/mol. The molecule has 1 saturated carbocycles. The van der Waals surface area contributed by atoms with Gasteiger partial charge < -0.3 is 11.1 Å². The molecule has 0 spiro atoms. The Hall–Kier alpha value is -1.26. The van der Waals surface area contributed by atoms with Crippen LogP contribution in [0.3, 0.4) is 0 Å². The van der Waals surface area contributed by atoms with Crippen molar-refractivity contribution in [2.24, 2.45) is 0 Å². The first-order chi connectivity index (χ1) is 5.34. The Morgan fingerprint density at radius 2 is 2.36 bits per heavy atom. The minimum Gasteiger partial charge on any atom is -0.368 e. The van der Waals surface area contributed by atoms with Gasteiger partial charge in [-0.3, -0.25) is 0 Å². The van der Waals surface area contributed by atoms with Gasteiger partial charge in [0.2, 0.25) is 11.9 Å². The molecule has 1 heterocycles. The number of nitrogen functional groups attached to an aromatic ring is 1. The predicted octanol–water partition coefficient (Wildman–Crippen LogP) is 0.351. The molecule has 4 N–H and O–H groups in total. The van der Waals surface area contributed by atoms with Gasteiger partial charge in [-0.15, -0.1) is 5.10 Å². The minimum atomic E-state index is 0.367. The van der Waals surface area contributed by atoms with Gasteiger partial charge in [0, 0.05) is 6.04 Å². The van der Waals surface area contributed by atoms with Gasteiger partial charge in [-0.25, -0.2) is 5.10 Å². The Morgan fingerprint density at radius 3 is 2.82 bits per heavy atom. The van der Waals surface area contributed by atoms with Gasteiger partial charge in [-0.05, 0) is 19.3 Å². The van der Waals surface area contributed by atoms with Gasteiger partial charge in [0.15, 0.2) is 0 Å². The molecule has 0 bridgehead atoms. The zero-order valence-corrected chi connectivity index (χ0v) is 6.17. The molecule has 0 unspecified atom stereocenters. The molecule has 0 atom stereocenters. The van der Waals surface area contributed by atoms with E-state index in [1.165, 1.54) is 19.3 Å². The van der Waals surface area contributed by atoms with Gasteiger partial charge >= 0.3 is 0 Å². The minimum absolute atomic E-state index is 0.367. The van der Waals surface area contributed by atoms with Crippen LogP contribution in [-0.4, -0.2) is 21.2 Å². The molecule has 5 nitrogen and oxygen atoms in total. The molecule has 5 heteroatoms. The second kappa shape index (κ2) is 2.41. The number of nitrogens with one attached hydrogen (secondary N) is 2. The van der Waals surface area contributed by atoms with E-state index in [2.05, 4.69) is 20.5 Å². The fraction of sp³-hybridized carbons (Fsp3) is 0.667. The summed E-state index contributed by atoms with van der Waals surface area (Å²) in [6, 6.07) is 0.560. The van der Waals surface area contributed by atoms with E-state index in [0.717, 1.165) is 0 Å². The van der Waals surface area contributed by atoms with E-state index in [0.29, 0.717) is 17.9 Å². The van der Waals surface area contributed by atoms with Crippen LogP contribution in [0.1, 0.15) is 19.3 Å². The molecule has 0 saturated heterocycles. The van der Waals surface area contributed by atoms with Crippen LogP contribution in [0.25, 0.3) is 0 Å². The summed E-state index contributed by atoms with van der Waals surface area (Å²) in [7, 11) is 0. The number of anilines is 2. The Kier molecular flexibility index (Phi) is 1.41. The summed E-state index contributed by atoms with van der Waals surface area (Å²) in [5.74, 6) is 0.985. The van der Waals surface area contributed by atoms with E-state index in [1.54, 1.807) is 0 Å². The van der Waals surface area contributed by atoms with Crippen LogP contribution < -0.4 is 11.1 Å². The summed E-state index contributed by atoms with van der Waals surface area (Å²) in [4.78, 5) is 3.93. The molecule has 60 valence electrons. The molecule has 0 aromatic carbocycles. The number of nitrogens with two attached hydrogens (primary N) is 1. The maximum atomic E-state index is 5.34. The highest BCUT2D eigenvalue weighted by Crippen LogP contribution is 2.21. The fourth-order valence-electron chi connectivity index (χ4n) is 1.07. The lowest BCUT2D eigenvalue weighted by Gasteiger charge is -2.25. The maximum Gasteiger partial charge on any atom is 0.243 e. The van der Waals surface area contributed by atoms with Crippen molar-refractivity contribution >= 4 is 11.9 Å². The van der Waals surface area contributed by atoms with Crippen LogP contribution in [0.4, 0.5) is 11.9 Å². The normalized spacial score (nSPS) is 17.8. The Balaban J connectivity index is 1.95. The van der Waals surface area contributed by atoms with Gasteiger partial charge in [0.25, 0.3) is 0 Å². The van der Waals surface area contributed by atoms with Crippen LogP contribution in [-0.2, 0) is 0 Å². The number of aromatic amines is 1. The third-order valence-electron chi connectivity index (χ3n) is 1.94. The summed E-state index contributed by atoms with van der Waals surface area (Å²) in [6.07, 6.45) is 3.74. The van der Waals surface area contributed by atoms with Gasteiger partial charge in [-0.1, -0.05) is 0 Å². The first-order valence-electron chi connectivity index (χ1n) is 3.79. The highest BCUT2D eigenvalue weighted by atomic mass is 15.3. The third-order valence-corrected chi connectivity index (χ3v) is 1.94. The summed E-state index contributed by atoms with van der Waals surface area (Å²) < 4.78 is 0. The van der Waals surface area contributed by atoms with Gasteiger partial charge in [0.1, 0.15) is 0 Å². The smallest absolute Gasteiger partial charge is 0.243 e. The van der Waals surface area contributed by atoms with Crippen molar-refractivity contribution in [3.05, 3.63) is 0 Å². The molecule has 2 rings (SSSR count). The van der Waals surface area contributed by atoms with Crippen LogP contribution in [0.2, 0.25) is 0 Å². The second-order valence-corrected chi connectivity index (χ2v) is 2.82. The zero-order chi connectivity index (χ0) is 7.68. The topological polar surface area (TPSA) is 79.6 Å². The number of hydrogen-bond donors (Lipinski definition) is 3. The van der Waals surface area contributed by atoms with Crippen LogP contribution >= 0.6 is 0 Å². The van der Waals surface area contributed by atoms with E-state index in [4.69, 9.17) is 5.73 Å². The summed E-state index contributed by atoms with van der Waals surface area (Å²) in [5.41, 5.74) is 5.34. The monoisotopic (exact) mass is 153 g/mol. The molecule has 0 amide bonds. The highest BCUT2D eigenvalue weighted by Gasteiger charge is 2.18. The molecular formula is C6H11N5. The maximum absolute atomic E-state index is 5.34. The molecule has 0 radical (unpaired) electrons. The fourth-order valence-corrected chi connectivity index (χ4v) is 1.07. The first-order valence-corrected chi connectivity index (χ1v) is 3.79. The largest absolute Gasteiger partial charge is 0.368 e. The number of rotatable bonds is 2. The molecule has 1 aromatic heterocycles. The lowest BCUT2D eigenvalue weighted by Crippen LogP contribution is -2.27. The Labute approximate surface area is 64.4 Å². The zero-order valence-electron chi connectivity index (χ0n) is 6.17. The molecular weight excluding hydrogens is 142 g/mol. The molecule has 1 aromatic rings. The lowest BCUT2D eigenvalue weighted by atomic mass is 9.93.